The van der Waals surface area contributed by atoms with Crippen LogP contribution in [0.1, 0.15) is 56.2 Å². The molecule has 31 heavy (non-hydrogen) atoms. The van der Waals surface area contributed by atoms with Crippen molar-refractivity contribution >= 4 is 73.9 Å². The highest BCUT2D eigenvalue weighted by Gasteiger charge is 2.36. The fraction of sp³-hybridized carbons (Fsp3) is 0.417. The maximum atomic E-state index is 10.4. The summed E-state index contributed by atoms with van der Waals surface area (Å²) in [7, 11) is 0.492. The molecule has 0 aliphatic carbocycles. The molecular formula is C24H31BO2S4. The van der Waals surface area contributed by atoms with E-state index >= 15 is 0 Å². The molecule has 3 rings (SSSR count). The Morgan fingerprint density at radius 1 is 1.13 bits per heavy atom. The van der Waals surface area contributed by atoms with E-state index in [9.17, 15) is 5.11 Å². The molecule has 7 heteroatoms. The van der Waals surface area contributed by atoms with Crippen LogP contribution in [0.4, 0.5) is 0 Å². The highest BCUT2D eigenvalue weighted by atomic mass is 32.1. The van der Waals surface area contributed by atoms with Crippen molar-refractivity contribution in [3.63, 3.8) is 0 Å². The molecule has 0 fully saturated rings. The predicted molar refractivity (Wildman–Crippen MR) is 147 cm³/mol. The average Bonchev–Trinajstić information content (AvgIpc) is 3.28. The summed E-state index contributed by atoms with van der Waals surface area (Å²) in [5.74, 6) is 0. The van der Waals surface area contributed by atoms with E-state index in [0.29, 0.717) is 7.48 Å². The Morgan fingerprint density at radius 2 is 1.81 bits per heavy atom. The Morgan fingerprint density at radius 3 is 2.32 bits per heavy atom. The van der Waals surface area contributed by atoms with Gasteiger partial charge < -0.3 is 9.76 Å². The molecule has 1 N–H and O–H groups in total. The lowest BCUT2D eigenvalue weighted by Crippen LogP contribution is -2.49. The van der Waals surface area contributed by atoms with E-state index in [-0.39, 0.29) is 0 Å². The quantitative estimate of drug-likeness (QED) is 0.210. The van der Waals surface area contributed by atoms with Crippen LogP contribution in [0.3, 0.4) is 0 Å². The minimum atomic E-state index is -0.914. The normalized spacial score (nSPS) is 14.0. The summed E-state index contributed by atoms with van der Waals surface area (Å²) in [6.45, 7) is 15.9. The smallest absolute Gasteiger partial charge is 0.319 e. The van der Waals surface area contributed by atoms with Crippen molar-refractivity contribution in [2.24, 2.45) is 0 Å². The number of rotatable bonds is 7. The number of hydrogen-bond acceptors (Lipinski definition) is 6. The van der Waals surface area contributed by atoms with Crippen molar-refractivity contribution in [2.75, 3.05) is 0 Å². The van der Waals surface area contributed by atoms with Gasteiger partial charge in [0.2, 0.25) is 0 Å². The number of hydrogen-bond donors (Lipinski definition) is 2. The molecule has 0 aliphatic heterocycles. The maximum Gasteiger partial charge on any atom is 0.319 e. The number of aliphatic hydroxyl groups is 1. The first-order chi connectivity index (χ1) is 14.3. The van der Waals surface area contributed by atoms with Crippen LogP contribution in [0.2, 0.25) is 0 Å². The monoisotopic (exact) mass is 490 g/mol. The SMILES string of the molecule is C/C=C(/C=C(/C)S)c1sc2cc(BOC(C)(C)C(C)(C)O)sc2c1-c1cc(C)sc1C. The molecule has 0 bridgehead atoms. The molecule has 0 spiro atoms. The van der Waals surface area contributed by atoms with Crippen LogP contribution in [0.25, 0.3) is 26.1 Å². The summed E-state index contributed by atoms with van der Waals surface area (Å²) in [5, 5.41) is 10.4. The van der Waals surface area contributed by atoms with E-state index < -0.39 is 11.2 Å². The molecule has 0 aromatic carbocycles. The summed E-state index contributed by atoms with van der Waals surface area (Å²) in [6, 6.07) is 4.56. The lowest BCUT2D eigenvalue weighted by molar-refractivity contribution is -0.0892. The van der Waals surface area contributed by atoms with Gasteiger partial charge in [-0.2, -0.15) is 0 Å². The van der Waals surface area contributed by atoms with Crippen LogP contribution < -0.4 is 4.78 Å². The number of aryl methyl sites for hydroxylation is 2. The van der Waals surface area contributed by atoms with Gasteiger partial charge in [0.25, 0.3) is 0 Å². The van der Waals surface area contributed by atoms with Crippen LogP contribution in [0.15, 0.2) is 29.2 Å². The summed E-state index contributed by atoms with van der Waals surface area (Å²) >= 11 is 10.0. The standard InChI is InChI=1S/C24H31BO2S4/c1-9-16(10-13(2)28)21-20(17-11-14(3)29-15(17)4)22-18(30-21)12-19(31-22)25-27-24(7,8)23(5,6)26/h9-12,25-26,28H,1-8H3/b13-10-,16-9-. The number of fused-ring (bicyclic) bond motifs is 1. The zero-order chi connectivity index (χ0) is 23.1. The zero-order valence-corrected chi connectivity index (χ0v) is 22.9. The Hall–Kier alpha value is -0.825. The third-order valence-electron chi connectivity index (χ3n) is 5.71. The average molecular weight is 491 g/mol. The molecule has 0 saturated carbocycles. The largest absolute Gasteiger partial charge is 0.426 e. The molecule has 0 atom stereocenters. The topological polar surface area (TPSA) is 29.5 Å². The second-order valence-electron chi connectivity index (χ2n) is 8.93. The van der Waals surface area contributed by atoms with E-state index in [0.717, 1.165) is 4.91 Å². The van der Waals surface area contributed by atoms with E-state index in [4.69, 9.17) is 4.65 Å². The van der Waals surface area contributed by atoms with Gasteiger partial charge in [0.05, 0.1) is 15.9 Å². The Labute approximate surface area is 204 Å². The molecule has 3 heterocycles. The van der Waals surface area contributed by atoms with Crippen LogP contribution in [-0.4, -0.2) is 23.8 Å². The van der Waals surface area contributed by atoms with E-state index in [1.54, 1.807) is 25.2 Å². The summed E-state index contributed by atoms with van der Waals surface area (Å²) in [4.78, 5) is 4.96. The first-order valence-corrected chi connectivity index (χ1v) is 13.3. The van der Waals surface area contributed by atoms with Crippen molar-refractivity contribution in [1.82, 2.24) is 0 Å². The summed E-state index contributed by atoms with van der Waals surface area (Å²) < 4.78 is 9.91. The van der Waals surface area contributed by atoms with Gasteiger partial charge >= 0.3 is 7.48 Å². The van der Waals surface area contributed by atoms with Crippen molar-refractivity contribution < 1.29 is 9.76 Å². The molecule has 166 valence electrons. The Balaban J connectivity index is 2.11. The van der Waals surface area contributed by atoms with Crippen LogP contribution in [0.5, 0.6) is 0 Å². The van der Waals surface area contributed by atoms with Crippen molar-refractivity contribution in [3.05, 3.63) is 43.8 Å². The van der Waals surface area contributed by atoms with Gasteiger partial charge in [0.15, 0.2) is 0 Å². The van der Waals surface area contributed by atoms with Gasteiger partial charge in [-0.05, 0) is 89.6 Å². The molecule has 0 amide bonds. The van der Waals surface area contributed by atoms with Gasteiger partial charge in [-0.25, -0.2) is 0 Å². The minimum absolute atomic E-state index is 0.492. The van der Waals surface area contributed by atoms with Gasteiger partial charge in [-0.3, -0.25) is 0 Å². The van der Waals surface area contributed by atoms with E-state index in [1.165, 1.54) is 45.5 Å². The van der Waals surface area contributed by atoms with E-state index in [1.807, 2.05) is 43.4 Å². The molecule has 0 aliphatic rings. The van der Waals surface area contributed by atoms with Gasteiger partial charge in [0, 0.05) is 29.7 Å². The number of allylic oxidation sites excluding steroid dienone is 4. The number of thiophene rings is 3. The van der Waals surface area contributed by atoms with Gasteiger partial charge in [0.1, 0.15) is 0 Å². The maximum absolute atomic E-state index is 10.4. The molecule has 0 radical (unpaired) electrons. The Kier molecular flexibility index (Phi) is 7.36. The zero-order valence-electron chi connectivity index (χ0n) is 19.5. The first-order valence-electron chi connectivity index (χ1n) is 10.4. The lowest BCUT2D eigenvalue weighted by atomic mass is 9.86. The second kappa shape index (κ2) is 9.20. The third-order valence-corrected chi connectivity index (χ3v) is 9.25. The summed E-state index contributed by atoms with van der Waals surface area (Å²) in [6.07, 6.45) is 4.31. The van der Waals surface area contributed by atoms with Crippen molar-refractivity contribution in [2.45, 2.75) is 66.6 Å². The molecule has 0 saturated heterocycles. The molecular weight excluding hydrogens is 459 g/mol. The fourth-order valence-corrected chi connectivity index (χ4v) is 6.98. The molecule has 2 nitrogen and oxygen atoms in total. The van der Waals surface area contributed by atoms with Crippen LogP contribution >= 0.6 is 46.6 Å². The minimum Gasteiger partial charge on any atom is -0.426 e. The van der Waals surface area contributed by atoms with Crippen molar-refractivity contribution in [1.29, 1.82) is 0 Å². The first kappa shape index (κ1) is 24.8. The highest BCUT2D eigenvalue weighted by molar-refractivity contribution is 7.84. The Bertz CT molecular complexity index is 1150. The van der Waals surface area contributed by atoms with Crippen LogP contribution in [-0.2, 0) is 4.65 Å². The highest BCUT2D eigenvalue weighted by Crippen LogP contribution is 2.47. The second-order valence-corrected chi connectivity index (χ2v) is 13.3. The fourth-order valence-electron chi connectivity index (χ4n) is 3.27. The lowest BCUT2D eigenvalue weighted by Gasteiger charge is -2.37. The molecule has 3 aromatic rings. The number of thiol groups is 1. The summed E-state index contributed by atoms with van der Waals surface area (Å²) in [5.41, 5.74) is 2.30. The van der Waals surface area contributed by atoms with E-state index in [2.05, 4.69) is 57.7 Å². The van der Waals surface area contributed by atoms with Crippen LogP contribution in [0, 0.1) is 13.8 Å². The molecule has 3 aromatic heterocycles. The molecule has 0 unspecified atom stereocenters. The van der Waals surface area contributed by atoms with Crippen molar-refractivity contribution in [3.8, 4) is 11.1 Å². The van der Waals surface area contributed by atoms with Gasteiger partial charge in [-0.15, -0.1) is 46.6 Å². The van der Waals surface area contributed by atoms with Gasteiger partial charge in [-0.1, -0.05) is 6.08 Å². The predicted octanol–water partition coefficient (Wildman–Crippen LogP) is 7.09. The third kappa shape index (κ3) is 5.23.